The number of hydrogen-bond donors (Lipinski definition) is 2. The molecule has 1 heterocycles. The van der Waals surface area contributed by atoms with Gasteiger partial charge in [-0.15, -0.1) is 5.11 Å². The van der Waals surface area contributed by atoms with Crippen LogP contribution < -0.4 is 9.86 Å². The molecule has 8 nitrogen and oxygen atoms in total. The van der Waals surface area contributed by atoms with E-state index < -0.39 is 19.7 Å². The van der Waals surface area contributed by atoms with Crippen molar-refractivity contribution in [2.75, 3.05) is 13.7 Å². The average Bonchev–Trinajstić information content (AvgIpc) is 3.15. The first-order valence-corrected chi connectivity index (χ1v) is 10.8. The van der Waals surface area contributed by atoms with E-state index in [-0.39, 0.29) is 11.6 Å². The Morgan fingerprint density at radius 3 is 2.35 bits per heavy atom. The lowest BCUT2D eigenvalue weighted by atomic mass is 9.99. The summed E-state index contributed by atoms with van der Waals surface area (Å²) in [6, 6.07) is 11.4. The van der Waals surface area contributed by atoms with Crippen LogP contribution in [0.25, 0.3) is 11.1 Å². The Kier molecular flexibility index (Phi) is 4.76. The van der Waals surface area contributed by atoms with E-state index in [1.807, 2.05) is 0 Å². The first-order valence-electron chi connectivity index (χ1n) is 7.48. The van der Waals surface area contributed by atoms with E-state index in [4.69, 9.17) is 5.14 Å². The number of aliphatic imine (C=N–C) groups is 1. The molecule has 0 aliphatic carbocycles. The number of azo groups is 1. The van der Waals surface area contributed by atoms with Crippen LogP contribution in [0.4, 0.5) is 0 Å². The molecule has 1 unspecified atom stereocenters. The second-order valence-electron chi connectivity index (χ2n) is 5.50. The Labute approximate surface area is 152 Å². The third kappa shape index (κ3) is 3.44. The van der Waals surface area contributed by atoms with E-state index in [1.165, 1.54) is 19.2 Å². The molecule has 136 valence electrons. The van der Waals surface area contributed by atoms with Crippen molar-refractivity contribution in [3.05, 3.63) is 48.0 Å². The predicted octanol–water partition coefficient (Wildman–Crippen LogP) is 1.38. The monoisotopic (exact) mass is 391 g/mol. The van der Waals surface area contributed by atoms with Gasteiger partial charge in [0.1, 0.15) is 0 Å². The Hall–Kier alpha value is -2.40. The largest absolute Gasteiger partial charge is 0.256 e. The van der Waals surface area contributed by atoms with Crippen LogP contribution in [0.15, 0.2) is 67.5 Å². The van der Waals surface area contributed by atoms with Crippen LogP contribution in [0.1, 0.15) is 5.56 Å². The highest BCUT2D eigenvalue weighted by Crippen LogP contribution is 2.31. The van der Waals surface area contributed by atoms with Gasteiger partial charge in [0.05, 0.1) is 19.5 Å². The number of rotatable bonds is 5. The van der Waals surface area contributed by atoms with Crippen LogP contribution >= 0.6 is 0 Å². The van der Waals surface area contributed by atoms with Crippen molar-refractivity contribution < 1.29 is 12.6 Å². The Morgan fingerprint density at radius 1 is 1.12 bits per heavy atom. The molecule has 0 saturated carbocycles. The highest BCUT2D eigenvalue weighted by Gasteiger charge is 2.21. The van der Waals surface area contributed by atoms with Crippen molar-refractivity contribution in [3.63, 3.8) is 0 Å². The first kappa shape index (κ1) is 18.4. The zero-order valence-electron chi connectivity index (χ0n) is 13.9. The third-order valence-corrected chi connectivity index (χ3v) is 6.33. The van der Waals surface area contributed by atoms with Gasteiger partial charge in [0.2, 0.25) is 10.0 Å². The average molecular weight is 391 g/mol. The smallest absolute Gasteiger partial charge is 0.240 e. The molecule has 0 amide bonds. The molecule has 2 aromatic rings. The maximum absolute atomic E-state index is 12.4. The Morgan fingerprint density at radius 2 is 1.81 bits per heavy atom. The molecule has 0 saturated heterocycles. The summed E-state index contributed by atoms with van der Waals surface area (Å²) in [7, 11) is -5.22. The first-order chi connectivity index (χ1) is 12.2. The Bertz CT molecular complexity index is 1120. The fraction of sp³-hybridized carbons (Fsp3) is 0.125. The number of sulfonamides is 1. The molecule has 26 heavy (non-hydrogen) atoms. The molecular weight excluding hydrogens is 374 g/mol. The summed E-state index contributed by atoms with van der Waals surface area (Å²) in [6.45, 7) is 0.186. The highest BCUT2D eigenvalue weighted by molar-refractivity contribution is 7.98. The van der Waals surface area contributed by atoms with Gasteiger partial charge in [0, 0.05) is 5.56 Å². The van der Waals surface area contributed by atoms with E-state index in [2.05, 4.69) is 25.8 Å². The summed E-state index contributed by atoms with van der Waals surface area (Å²) in [5.41, 5.74) is 1.85. The topological polar surface area (TPSA) is 126 Å². The molecule has 2 aromatic carbocycles. The van der Waals surface area contributed by atoms with Gasteiger partial charge < -0.3 is 0 Å². The van der Waals surface area contributed by atoms with Gasteiger partial charge >= 0.3 is 0 Å². The number of amidine groups is 1. The van der Waals surface area contributed by atoms with Crippen LogP contribution in [0.2, 0.25) is 0 Å². The van der Waals surface area contributed by atoms with Crippen molar-refractivity contribution in [1.82, 2.24) is 4.72 Å². The van der Waals surface area contributed by atoms with Crippen molar-refractivity contribution in [2.24, 2.45) is 20.4 Å². The van der Waals surface area contributed by atoms with Crippen LogP contribution in [0, 0.1) is 0 Å². The molecule has 0 aromatic heterocycles. The van der Waals surface area contributed by atoms with Gasteiger partial charge in [0.25, 0.3) is 0 Å². The molecule has 3 N–H and O–H groups in total. The van der Waals surface area contributed by atoms with E-state index in [0.717, 1.165) is 0 Å². The molecule has 0 bridgehead atoms. The number of nitrogens with two attached hydrogens (primary N) is 1. The fourth-order valence-corrected chi connectivity index (χ4v) is 4.17. The second kappa shape index (κ2) is 6.72. The summed E-state index contributed by atoms with van der Waals surface area (Å²) in [5.74, 6) is 3.88. The van der Waals surface area contributed by atoms with Crippen LogP contribution in [-0.4, -0.2) is 38.0 Å². The lowest BCUT2D eigenvalue weighted by Crippen LogP contribution is -2.18. The summed E-state index contributed by atoms with van der Waals surface area (Å²) in [6.07, 6.45) is 0. The SMILES string of the molecule is C=S(N)(=O)c1cccc(-c2ccc(S(=O)(=O)NC)cc2)c1C1=NCN=N1. The summed E-state index contributed by atoms with van der Waals surface area (Å²) in [5, 5.41) is 13.6. The zero-order valence-corrected chi connectivity index (χ0v) is 15.5. The van der Waals surface area contributed by atoms with Crippen molar-refractivity contribution in [1.29, 1.82) is 0 Å². The van der Waals surface area contributed by atoms with Gasteiger partial charge in [0.15, 0.2) is 12.5 Å². The standard InChI is InChI=1S/C16H17N5O3S2/c1-18-26(23,24)12-8-6-11(7-9-12)13-4-3-5-14(25(2,17)22)15(13)16-19-10-20-21-16/h3-9,18H,2,10H2,1H3,(H2,17,22). The lowest BCUT2D eigenvalue weighted by molar-refractivity contribution is 0.588. The highest BCUT2D eigenvalue weighted by atomic mass is 32.2. The van der Waals surface area contributed by atoms with Gasteiger partial charge in [-0.1, -0.05) is 24.3 Å². The molecule has 0 fully saturated rings. The number of nitrogens with one attached hydrogen (secondary N) is 1. The molecular formula is C16H17N5O3S2. The minimum atomic E-state index is -3.54. The molecule has 10 heteroatoms. The quantitative estimate of drug-likeness (QED) is 0.748. The lowest BCUT2D eigenvalue weighted by Gasteiger charge is -2.14. The van der Waals surface area contributed by atoms with Gasteiger partial charge in [-0.3, -0.25) is 5.14 Å². The predicted molar refractivity (Wildman–Crippen MR) is 102 cm³/mol. The minimum absolute atomic E-state index is 0.138. The maximum atomic E-state index is 12.4. The molecule has 1 aliphatic rings. The summed E-state index contributed by atoms with van der Waals surface area (Å²) >= 11 is 0. The summed E-state index contributed by atoms with van der Waals surface area (Å²) < 4.78 is 38.5. The van der Waals surface area contributed by atoms with Gasteiger partial charge in [-0.25, -0.2) is 22.3 Å². The van der Waals surface area contributed by atoms with Crippen molar-refractivity contribution >= 4 is 31.4 Å². The maximum Gasteiger partial charge on any atom is 0.240 e. The third-order valence-electron chi connectivity index (χ3n) is 3.82. The molecule has 3 rings (SSSR count). The second-order valence-corrected chi connectivity index (χ2v) is 9.28. The van der Waals surface area contributed by atoms with Crippen molar-refractivity contribution in [2.45, 2.75) is 9.79 Å². The minimum Gasteiger partial charge on any atom is -0.256 e. The number of hydrogen-bond acceptors (Lipinski definition) is 6. The van der Waals surface area contributed by atoms with E-state index in [1.54, 1.807) is 30.3 Å². The molecule has 0 radical (unpaired) electrons. The van der Waals surface area contributed by atoms with E-state index >= 15 is 0 Å². The zero-order chi connectivity index (χ0) is 18.9. The van der Waals surface area contributed by atoms with E-state index in [9.17, 15) is 12.6 Å². The van der Waals surface area contributed by atoms with Gasteiger partial charge in [-0.2, -0.15) is 5.11 Å². The number of benzene rings is 2. The van der Waals surface area contributed by atoms with Crippen LogP contribution in [0.5, 0.6) is 0 Å². The van der Waals surface area contributed by atoms with E-state index in [0.29, 0.717) is 27.4 Å². The van der Waals surface area contributed by atoms with Crippen molar-refractivity contribution in [3.8, 4) is 11.1 Å². The summed E-state index contributed by atoms with van der Waals surface area (Å²) in [4.78, 5) is 4.66. The molecule has 1 atom stereocenters. The number of nitrogens with zero attached hydrogens (tertiary/aromatic N) is 3. The van der Waals surface area contributed by atoms with Gasteiger partial charge in [-0.05, 0) is 42.2 Å². The van der Waals surface area contributed by atoms with Crippen LogP contribution in [0.3, 0.4) is 0 Å². The Balaban J connectivity index is 2.21. The normalized spacial score (nSPS) is 16.3. The fourth-order valence-electron chi connectivity index (χ4n) is 2.58. The van der Waals surface area contributed by atoms with Crippen LogP contribution in [-0.2, 0) is 19.7 Å². The molecule has 0 spiro atoms. The molecule has 1 aliphatic heterocycles.